The van der Waals surface area contributed by atoms with E-state index in [1.807, 2.05) is 0 Å². The molecule has 0 bridgehead atoms. The third-order valence-corrected chi connectivity index (χ3v) is 2.58. The number of hydrogen-bond donors (Lipinski definition) is 0. The molecule has 4 nitrogen and oxygen atoms in total. The number of carbonyl (C=O) groups excluding carboxylic acids is 2. The van der Waals surface area contributed by atoms with Crippen LogP contribution in [0.3, 0.4) is 0 Å². The highest BCUT2D eigenvalue weighted by molar-refractivity contribution is 5.96. The van der Waals surface area contributed by atoms with Gasteiger partial charge in [-0.05, 0) is 32.0 Å². The van der Waals surface area contributed by atoms with Crippen LogP contribution in [0.5, 0.6) is 0 Å². The summed E-state index contributed by atoms with van der Waals surface area (Å²) in [6.45, 7) is 3.17. The highest BCUT2D eigenvalue weighted by atomic mass is 19.2. The van der Waals surface area contributed by atoms with Crippen LogP contribution < -0.4 is 0 Å². The summed E-state index contributed by atoms with van der Waals surface area (Å²) in [7, 11) is 1.21. The van der Waals surface area contributed by atoms with Crippen molar-refractivity contribution in [2.24, 2.45) is 0 Å². The molecular formula is C13H15F2NO3. The standard InChI is InChI=1S/C13H15F2NO3/c1-8(2)16(7-12(17)19-3)13(18)9-4-5-10(14)11(15)6-9/h4-6,8H,7H2,1-3H3. The number of nitrogens with zero attached hydrogens (tertiary/aromatic N) is 1. The fraction of sp³-hybridized carbons (Fsp3) is 0.385. The monoisotopic (exact) mass is 271 g/mol. The second-order valence-electron chi connectivity index (χ2n) is 4.23. The number of hydrogen-bond acceptors (Lipinski definition) is 3. The summed E-state index contributed by atoms with van der Waals surface area (Å²) < 4.78 is 30.4. The van der Waals surface area contributed by atoms with E-state index in [2.05, 4.69) is 4.74 Å². The van der Waals surface area contributed by atoms with Gasteiger partial charge in [0.25, 0.3) is 5.91 Å². The van der Waals surface area contributed by atoms with Gasteiger partial charge in [0.2, 0.25) is 0 Å². The van der Waals surface area contributed by atoms with Crippen molar-refractivity contribution in [3.05, 3.63) is 35.4 Å². The second kappa shape index (κ2) is 6.26. The smallest absolute Gasteiger partial charge is 0.325 e. The van der Waals surface area contributed by atoms with E-state index < -0.39 is 23.5 Å². The van der Waals surface area contributed by atoms with Crippen LogP contribution in [0.1, 0.15) is 24.2 Å². The first kappa shape index (κ1) is 15.1. The maximum Gasteiger partial charge on any atom is 0.325 e. The number of ether oxygens (including phenoxy) is 1. The summed E-state index contributed by atoms with van der Waals surface area (Å²) in [4.78, 5) is 24.6. The summed E-state index contributed by atoms with van der Waals surface area (Å²) in [5, 5.41) is 0. The largest absolute Gasteiger partial charge is 0.468 e. The third kappa shape index (κ3) is 3.74. The van der Waals surface area contributed by atoms with Gasteiger partial charge in [-0.15, -0.1) is 0 Å². The van der Waals surface area contributed by atoms with Crippen molar-refractivity contribution in [1.29, 1.82) is 0 Å². The maximum atomic E-state index is 13.1. The Hall–Kier alpha value is -1.98. The van der Waals surface area contributed by atoms with Crippen molar-refractivity contribution in [3.63, 3.8) is 0 Å². The van der Waals surface area contributed by atoms with Crippen LogP contribution in [-0.4, -0.2) is 36.5 Å². The SMILES string of the molecule is COC(=O)CN(C(=O)c1ccc(F)c(F)c1)C(C)C. The van der Waals surface area contributed by atoms with Gasteiger partial charge >= 0.3 is 5.97 Å². The van der Waals surface area contributed by atoms with E-state index in [1.165, 1.54) is 18.1 Å². The van der Waals surface area contributed by atoms with E-state index in [-0.39, 0.29) is 18.2 Å². The maximum absolute atomic E-state index is 13.1. The lowest BCUT2D eigenvalue weighted by molar-refractivity contribution is -0.141. The number of carbonyl (C=O) groups is 2. The van der Waals surface area contributed by atoms with Gasteiger partial charge in [-0.25, -0.2) is 8.78 Å². The van der Waals surface area contributed by atoms with Crippen molar-refractivity contribution < 1.29 is 23.1 Å². The number of methoxy groups -OCH3 is 1. The molecule has 104 valence electrons. The van der Waals surface area contributed by atoms with Gasteiger partial charge in [-0.2, -0.15) is 0 Å². The van der Waals surface area contributed by atoms with Crippen molar-refractivity contribution >= 4 is 11.9 Å². The van der Waals surface area contributed by atoms with Crippen LogP contribution >= 0.6 is 0 Å². The van der Waals surface area contributed by atoms with Gasteiger partial charge in [0.15, 0.2) is 11.6 Å². The summed E-state index contributed by atoms with van der Waals surface area (Å²) in [6.07, 6.45) is 0. The highest BCUT2D eigenvalue weighted by Crippen LogP contribution is 2.13. The molecule has 0 N–H and O–H groups in total. The van der Waals surface area contributed by atoms with E-state index in [1.54, 1.807) is 13.8 Å². The molecule has 0 spiro atoms. The minimum Gasteiger partial charge on any atom is -0.468 e. The van der Waals surface area contributed by atoms with Crippen LogP contribution in [0.15, 0.2) is 18.2 Å². The Balaban J connectivity index is 2.99. The van der Waals surface area contributed by atoms with Gasteiger partial charge in [-0.3, -0.25) is 9.59 Å². The van der Waals surface area contributed by atoms with Crippen molar-refractivity contribution in [3.8, 4) is 0 Å². The van der Waals surface area contributed by atoms with Crippen LogP contribution in [0.2, 0.25) is 0 Å². The summed E-state index contributed by atoms with van der Waals surface area (Å²) in [6, 6.07) is 2.58. The number of halogens is 2. The first-order valence-electron chi connectivity index (χ1n) is 5.69. The van der Waals surface area contributed by atoms with Gasteiger partial charge in [0.05, 0.1) is 7.11 Å². The molecule has 0 aliphatic rings. The molecule has 1 aromatic rings. The molecule has 0 radical (unpaired) electrons. The Morgan fingerprint density at radius 3 is 2.37 bits per heavy atom. The summed E-state index contributed by atoms with van der Waals surface area (Å²) >= 11 is 0. The molecule has 0 saturated heterocycles. The predicted octanol–water partition coefficient (Wildman–Crippen LogP) is 1.99. The van der Waals surface area contributed by atoms with Gasteiger partial charge in [-0.1, -0.05) is 0 Å². The van der Waals surface area contributed by atoms with Crippen molar-refractivity contribution in [1.82, 2.24) is 4.90 Å². The molecule has 1 rings (SSSR count). The van der Waals surface area contributed by atoms with Gasteiger partial charge < -0.3 is 9.64 Å². The van der Waals surface area contributed by atoms with Crippen molar-refractivity contribution in [2.75, 3.05) is 13.7 Å². The molecule has 0 aliphatic carbocycles. The average molecular weight is 271 g/mol. The van der Waals surface area contributed by atoms with Gasteiger partial charge in [0, 0.05) is 11.6 Å². The quantitative estimate of drug-likeness (QED) is 0.787. The van der Waals surface area contributed by atoms with E-state index >= 15 is 0 Å². The Morgan fingerprint density at radius 2 is 1.89 bits per heavy atom. The number of esters is 1. The zero-order valence-electron chi connectivity index (χ0n) is 10.9. The molecule has 1 aromatic carbocycles. The number of rotatable bonds is 4. The minimum atomic E-state index is -1.10. The molecule has 0 saturated carbocycles. The summed E-state index contributed by atoms with van der Waals surface area (Å²) in [5.41, 5.74) is -0.0171. The molecule has 6 heteroatoms. The Morgan fingerprint density at radius 1 is 1.26 bits per heavy atom. The van der Waals surface area contributed by atoms with Crippen LogP contribution in [0, 0.1) is 11.6 Å². The van der Waals surface area contributed by atoms with E-state index in [0.717, 1.165) is 12.1 Å². The van der Waals surface area contributed by atoms with E-state index in [9.17, 15) is 18.4 Å². The Labute approximate surface area is 110 Å². The van der Waals surface area contributed by atoms with Crippen molar-refractivity contribution in [2.45, 2.75) is 19.9 Å². The fourth-order valence-corrected chi connectivity index (χ4v) is 1.49. The topological polar surface area (TPSA) is 46.6 Å². The fourth-order valence-electron chi connectivity index (χ4n) is 1.49. The van der Waals surface area contributed by atoms with Crippen LogP contribution in [0.25, 0.3) is 0 Å². The van der Waals surface area contributed by atoms with E-state index in [0.29, 0.717) is 0 Å². The lowest BCUT2D eigenvalue weighted by atomic mass is 10.1. The number of benzene rings is 1. The molecular weight excluding hydrogens is 256 g/mol. The Kier molecular flexibility index (Phi) is 4.97. The minimum absolute atomic E-state index is 0.0171. The second-order valence-corrected chi connectivity index (χ2v) is 4.23. The molecule has 0 fully saturated rings. The Bertz CT molecular complexity index is 489. The average Bonchev–Trinajstić information content (AvgIpc) is 2.37. The first-order chi connectivity index (χ1) is 8.86. The lowest BCUT2D eigenvalue weighted by Gasteiger charge is -2.25. The zero-order chi connectivity index (χ0) is 14.6. The zero-order valence-corrected chi connectivity index (χ0v) is 10.9. The molecule has 0 unspecified atom stereocenters. The predicted molar refractivity (Wildman–Crippen MR) is 64.5 cm³/mol. The third-order valence-electron chi connectivity index (χ3n) is 2.58. The van der Waals surface area contributed by atoms with Gasteiger partial charge in [0.1, 0.15) is 6.54 Å². The first-order valence-corrected chi connectivity index (χ1v) is 5.69. The highest BCUT2D eigenvalue weighted by Gasteiger charge is 2.22. The van der Waals surface area contributed by atoms with E-state index in [4.69, 9.17) is 0 Å². The van der Waals surface area contributed by atoms with Crippen LogP contribution in [0.4, 0.5) is 8.78 Å². The normalized spacial score (nSPS) is 10.4. The molecule has 0 aromatic heterocycles. The molecule has 0 atom stereocenters. The molecule has 1 amide bonds. The summed E-state index contributed by atoms with van der Waals surface area (Å²) in [5.74, 6) is -3.27. The lowest BCUT2D eigenvalue weighted by Crippen LogP contribution is -2.41. The number of amides is 1. The van der Waals surface area contributed by atoms with Crippen LogP contribution in [-0.2, 0) is 9.53 Å². The molecule has 0 aliphatic heterocycles. The molecule has 0 heterocycles. The molecule has 19 heavy (non-hydrogen) atoms.